The second kappa shape index (κ2) is 5.61. The van der Waals surface area contributed by atoms with Crippen LogP contribution in [0.4, 0.5) is 0 Å². The highest BCUT2D eigenvalue weighted by Gasteiger charge is 2.44. The monoisotopic (exact) mass is 265 g/mol. The summed E-state index contributed by atoms with van der Waals surface area (Å²) in [6.07, 6.45) is 5.29. The molecule has 2 rings (SSSR count). The molecule has 1 fully saturated rings. The van der Waals surface area contributed by atoms with E-state index in [-0.39, 0.29) is 11.5 Å². The second-order valence-electron chi connectivity index (χ2n) is 6.56. The quantitative estimate of drug-likeness (QED) is 0.907. The van der Waals surface area contributed by atoms with E-state index in [9.17, 15) is 0 Å². The van der Waals surface area contributed by atoms with Crippen LogP contribution in [0.2, 0.25) is 0 Å². The molecule has 0 bridgehead atoms. The molecule has 1 aromatic rings. The summed E-state index contributed by atoms with van der Waals surface area (Å²) in [6, 6.07) is 0.286. The van der Waals surface area contributed by atoms with Crippen LogP contribution < -0.4 is 5.73 Å². The summed E-state index contributed by atoms with van der Waals surface area (Å²) in [5, 5.41) is 4.12. The summed E-state index contributed by atoms with van der Waals surface area (Å²) in [5.41, 5.74) is 6.32. The van der Waals surface area contributed by atoms with Gasteiger partial charge in [-0.05, 0) is 30.6 Å². The third-order valence-corrected chi connectivity index (χ3v) is 5.04. The Kier molecular flexibility index (Phi) is 4.29. The summed E-state index contributed by atoms with van der Waals surface area (Å²) in [7, 11) is 0. The average Bonchev–Trinajstić information content (AvgIpc) is 2.82. The van der Waals surface area contributed by atoms with Crippen LogP contribution in [0.15, 0.2) is 4.52 Å². The normalized spacial score (nSPS) is 30.5. The van der Waals surface area contributed by atoms with E-state index in [4.69, 9.17) is 10.3 Å². The van der Waals surface area contributed by atoms with Gasteiger partial charge in [0.15, 0.2) is 5.82 Å². The molecular weight excluding hydrogens is 238 g/mol. The van der Waals surface area contributed by atoms with Crippen molar-refractivity contribution in [2.24, 2.45) is 17.1 Å². The van der Waals surface area contributed by atoms with Crippen molar-refractivity contribution in [3.63, 3.8) is 0 Å². The maximum absolute atomic E-state index is 6.20. The summed E-state index contributed by atoms with van der Waals surface area (Å²) >= 11 is 0. The van der Waals surface area contributed by atoms with Gasteiger partial charge in [-0.25, -0.2) is 0 Å². The predicted molar refractivity (Wildman–Crippen MR) is 75.8 cm³/mol. The van der Waals surface area contributed by atoms with Crippen LogP contribution in [0.5, 0.6) is 0 Å². The lowest BCUT2D eigenvalue weighted by molar-refractivity contribution is 0.0806. The molecule has 0 amide bonds. The smallest absolute Gasteiger partial charge is 0.230 e. The van der Waals surface area contributed by atoms with Gasteiger partial charge >= 0.3 is 0 Å². The van der Waals surface area contributed by atoms with Crippen LogP contribution >= 0.6 is 0 Å². The van der Waals surface area contributed by atoms with Gasteiger partial charge in [-0.15, -0.1) is 0 Å². The Balaban J connectivity index is 2.14. The molecule has 1 aromatic heterocycles. The number of aryl methyl sites for hydroxylation is 1. The molecule has 0 saturated heterocycles. The Hall–Kier alpha value is -0.900. The van der Waals surface area contributed by atoms with Crippen LogP contribution in [0, 0.1) is 11.3 Å². The highest BCUT2D eigenvalue weighted by atomic mass is 16.5. The number of nitrogens with zero attached hydrogens (tertiary/aromatic N) is 2. The minimum Gasteiger partial charge on any atom is -0.339 e. The number of aromatic nitrogens is 2. The van der Waals surface area contributed by atoms with Crippen LogP contribution in [0.3, 0.4) is 0 Å². The van der Waals surface area contributed by atoms with E-state index in [0.29, 0.717) is 11.8 Å². The summed E-state index contributed by atoms with van der Waals surface area (Å²) in [4.78, 5) is 4.61. The Labute approximate surface area is 116 Å². The minimum absolute atomic E-state index is 0.117. The fourth-order valence-corrected chi connectivity index (χ4v) is 3.14. The zero-order valence-corrected chi connectivity index (χ0v) is 12.6. The summed E-state index contributed by atoms with van der Waals surface area (Å²) < 4.78 is 5.52. The molecule has 1 saturated carbocycles. The van der Waals surface area contributed by atoms with Gasteiger partial charge in [0.1, 0.15) is 0 Å². The molecule has 4 nitrogen and oxygen atoms in total. The Morgan fingerprint density at radius 1 is 1.37 bits per heavy atom. The standard InChI is InChI=1S/C15H27N3O/c1-5-6-7-13-17-14(19-18-13)11-8-9-12(16)10(2)15(11,3)4/h10-12H,5-9,16H2,1-4H3. The predicted octanol–water partition coefficient (Wildman–Crippen LogP) is 3.28. The van der Waals surface area contributed by atoms with Crippen molar-refractivity contribution >= 4 is 0 Å². The third-order valence-electron chi connectivity index (χ3n) is 5.04. The first kappa shape index (κ1) is 14.5. The van der Waals surface area contributed by atoms with E-state index >= 15 is 0 Å². The maximum Gasteiger partial charge on any atom is 0.230 e. The molecule has 2 N–H and O–H groups in total. The fraction of sp³-hybridized carbons (Fsp3) is 0.867. The third kappa shape index (κ3) is 2.83. The van der Waals surface area contributed by atoms with Gasteiger partial charge in [-0.1, -0.05) is 39.3 Å². The molecule has 1 heterocycles. The molecule has 19 heavy (non-hydrogen) atoms. The first-order valence-electron chi connectivity index (χ1n) is 7.54. The highest BCUT2D eigenvalue weighted by Crippen LogP contribution is 2.49. The molecule has 0 aromatic carbocycles. The van der Waals surface area contributed by atoms with Crippen LogP contribution in [0.25, 0.3) is 0 Å². The van der Waals surface area contributed by atoms with Gasteiger partial charge in [-0.3, -0.25) is 0 Å². The van der Waals surface area contributed by atoms with E-state index < -0.39 is 0 Å². The minimum atomic E-state index is 0.117. The van der Waals surface area contributed by atoms with Gasteiger partial charge in [0.2, 0.25) is 5.89 Å². The topological polar surface area (TPSA) is 64.9 Å². The van der Waals surface area contributed by atoms with Crippen molar-refractivity contribution in [2.45, 2.75) is 71.8 Å². The lowest BCUT2D eigenvalue weighted by Crippen LogP contribution is -2.45. The zero-order chi connectivity index (χ0) is 14.0. The lowest BCUT2D eigenvalue weighted by atomic mass is 9.61. The number of nitrogens with two attached hydrogens (primary N) is 1. The van der Waals surface area contributed by atoms with Crippen molar-refractivity contribution in [3.8, 4) is 0 Å². The molecule has 108 valence electrons. The van der Waals surface area contributed by atoms with Crippen molar-refractivity contribution in [1.29, 1.82) is 0 Å². The van der Waals surface area contributed by atoms with E-state index in [1.807, 2.05) is 0 Å². The van der Waals surface area contributed by atoms with Gasteiger partial charge < -0.3 is 10.3 Å². The van der Waals surface area contributed by atoms with Gasteiger partial charge in [0.05, 0.1) is 0 Å². The first-order valence-corrected chi connectivity index (χ1v) is 7.54. The Morgan fingerprint density at radius 3 is 2.79 bits per heavy atom. The molecule has 3 unspecified atom stereocenters. The van der Waals surface area contributed by atoms with E-state index in [2.05, 4.69) is 37.8 Å². The van der Waals surface area contributed by atoms with Crippen molar-refractivity contribution in [2.75, 3.05) is 0 Å². The van der Waals surface area contributed by atoms with E-state index in [1.54, 1.807) is 0 Å². The van der Waals surface area contributed by atoms with Crippen molar-refractivity contribution in [3.05, 3.63) is 11.7 Å². The van der Waals surface area contributed by atoms with Gasteiger partial charge in [-0.2, -0.15) is 4.98 Å². The Bertz CT molecular complexity index is 413. The number of hydrogen-bond acceptors (Lipinski definition) is 4. The van der Waals surface area contributed by atoms with Gasteiger partial charge in [0, 0.05) is 18.4 Å². The van der Waals surface area contributed by atoms with Gasteiger partial charge in [0.25, 0.3) is 0 Å². The summed E-state index contributed by atoms with van der Waals surface area (Å²) in [5.74, 6) is 2.48. The lowest BCUT2D eigenvalue weighted by Gasteiger charge is -2.45. The summed E-state index contributed by atoms with van der Waals surface area (Å²) in [6.45, 7) is 8.97. The van der Waals surface area contributed by atoms with Crippen LogP contribution in [-0.2, 0) is 6.42 Å². The highest BCUT2D eigenvalue weighted by molar-refractivity contribution is 5.06. The maximum atomic E-state index is 6.20. The van der Waals surface area contributed by atoms with Crippen LogP contribution in [-0.4, -0.2) is 16.2 Å². The SMILES string of the molecule is CCCCc1noc(C2CCC(N)C(C)C2(C)C)n1. The molecule has 1 aliphatic carbocycles. The molecular formula is C15H27N3O. The molecule has 0 spiro atoms. The molecule has 0 radical (unpaired) electrons. The molecule has 0 aliphatic heterocycles. The first-order chi connectivity index (χ1) is 8.96. The Morgan fingerprint density at radius 2 is 2.11 bits per heavy atom. The van der Waals surface area contributed by atoms with Crippen molar-refractivity contribution < 1.29 is 4.52 Å². The van der Waals surface area contributed by atoms with E-state index in [0.717, 1.165) is 43.8 Å². The largest absolute Gasteiger partial charge is 0.339 e. The van der Waals surface area contributed by atoms with Crippen LogP contribution in [0.1, 0.15) is 71.0 Å². The number of rotatable bonds is 4. The number of hydrogen-bond donors (Lipinski definition) is 1. The zero-order valence-electron chi connectivity index (χ0n) is 12.6. The molecule has 1 aliphatic rings. The molecule has 4 heteroatoms. The van der Waals surface area contributed by atoms with Crippen molar-refractivity contribution in [1.82, 2.24) is 10.1 Å². The fourth-order valence-electron chi connectivity index (χ4n) is 3.14. The second-order valence-corrected chi connectivity index (χ2v) is 6.56. The van der Waals surface area contributed by atoms with E-state index in [1.165, 1.54) is 0 Å². The average molecular weight is 265 g/mol. The molecule has 3 atom stereocenters. The number of unbranched alkanes of at least 4 members (excludes halogenated alkanes) is 1.